The van der Waals surface area contributed by atoms with Crippen LogP contribution in [-0.2, 0) is 28.7 Å². The van der Waals surface area contributed by atoms with Crippen LogP contribution in [-0.4, -0.2) is 37.2 Å². The molecule has 10 atom stereocenters. The van der Waals surface area contributed by atoms with Crippen molar-refractivity contribution in [2.45, 2.75) is 106 Å². The van der Waals surface area contributed by atoms with Crippen LogP contribution < -0.4 is 0 Å². The number of aldehydes is 1. The smallest absolute Gasteiger partial charge is 0.302 e. The molecule has 0 amide bonds. The molecule has 0 aromatic carbocycles. The van der Waals surface area contributed by atoms with E-state index in [2.05, 4.69) is 34.3 Å². The van der Waals surface area contributed by atoms with Crippen molar-refractivity contribution in [1.29, 1.82) is 0 Å². The third-order valence-electron chi connectivity index (χ3n) is 13.9. The second-order valence-electron chi connectivity index (χ2n) is 15.3. The van der Waals surface area contributed by atoms with Gasteiger partial charge in [0.15, 0.2) is 0 Å². The highest BCUT2D eigenvalue weighted by Gasteiger charge is 2.71. The van der Waals surface area contributed by atoms with Crippen molar-refractivity contribution in [3.05, 3.63) is 12.2 Å². The first-order valence-electron chi connectivity index (χ1n) is 15.6. The van der Waals surface area contributed by atoms with Crippen LogP contribution in [0.4, 0.5) is 0 Å². The standard InChI is InChI=1S/C34H50O6/c1-21(18-35)24-10-15-34(20-40-23(3)37)17-16-32(6)25(29(24)34)8-9-27-30(4)13-12-28(38)31(5,19-39-22(2)36)26(30)11-14-33(27,32)7/h18,24-27,29H,1,8-17,19-20H2,2-7H3/t24-,25+,26+,27+,29+,30-,31?,32+,33+,34+/m0/s1. The summed E-state index contributed by atoms with van der Waals surface area (Å²) < 4.78 is 11.3. The summed E-state index contributed by atoms with van der Waals surface area (Å²) in [5, 5.41) is 0. The van der Waals surface area contributed by atoms with Gasteiger partial charge in [0.2, 0.25) is 0 Å². The average molecular weight is 555 g/mol. The number of fused-ring (bicyclic) bond motifs is 7. The fourth-order valence-electron chi connectivity index (χ4n) is 11.8. The SMILES string of the molecule is C=C(C=O)[C@@H]1CC[C@]2(COC(C)=O)CC[C@]3(C)[C@H](CC[C@@H]4[C@@]5(C)CCC(=O)C(C)(COC(C)=O)[C@@H]5CC[C@]43C)[C@@H]12. The molecule has 0 heterocycles. The molecule has 0 aliphatic heterocycles. The minimum Gasteiger partial charge on any atom is -0.465 e. The van der Waals surface area contributed by atoms with Crippen molar-refractivity contribution in [2.24, 2.45) is 56.7 Å². The van der Waals surface area contributed by atoms with Crippen LogP contribution in [0.5, 0.6) is 0 Å². The highest BCUT2D eigenvalue weighted by atomic mass is 16.5. The summed E-state index contributed by atoms with van der Waals surface area (Å²) in [5.74, 6) is 1.22. The van der Waals surface area contributed by atoms with E-state index in [9.17, 15) is 19.2 Å². The summed E-state index contributed by atoms with van der Waals surface area (Å²) in [6.07, 6.45) is 10.6. The number of ether oxygens (including phenoxy) is 2. The van der Waals surface area contributed by atoms with Crippen molar-refractivity contribution < 1.29 is 28.7 Å². The van der Waals surface area contributed by atoms with E-state index in [0.717, 1.165) is 64.1 Å². The van der Waals surface area contributed by atoms with Crippen LogP contribution in [0.3, 0.4) is 0 Å². The number of hydrogen-bond acceptors (Lipinski definition) is 6. The lowest BCUT2D eigenvalue weighted by Gasteiger charge is -2.72. The molecule has 0 aromatic rings. The Hall–Kier alpha value is -1.98. The minimum absolute atomic E-state index is 0.00244. The number of allylic oxidation sites excluding steroid dienone is 1. The number of rotatable bonds is 6. The maximum Gasteiger partial charge on any atom is 0.302 e. The van der Waals surface area contributed by atoms with Crippen molar-refractivity contribution in [3.63, 3.8) is 0 Å². The predicted octanol–water partition coefficient (Wildman–Crippen LogP) is 6.50. The van der Waals surface area contributed by atoms with Gasteiger partial charge in [-0.2, -0.15) is 0 Å². The van der Waals surface area contributed by atoms with E-state index < -0.39 is 5.41 Å². The Bertz CT molecular complexity index is 1110. The zero-order valence-electron chi connectivity index (χ0n) is 25.6. The lowest BCUT2D eigenvalue weighted by molar-refractivity contribution is -0.240. The second-order valence-corrected chi connectivity index (χ2v) is 15.3. The molecule has 5 fully saturated rings. The Labute approximate surface area is 240 Å². The molecule has 5 aliphatic carbocycles. The Morgan fingerprint density at radius 3 is 2.17 bits per heavy atom. The number of Topliss-reactive ketones (excluding diaryl/α,β-unsaturated/α-hetero) is 1. The molecule has 0 bridgehead atoms. The molecule has 5 aliphatic rings. The Balaban J connectivity index is 1.51. The van der Waals surface area contributed by atoms with Crippen molar-refractivity contribution in [2.75, 3.05) is 13.2 Å². The lowest BCUT2D eigenvalue weighted by Crippen LogP contribution is -2.67. The first-order valence-corrected chi connectivity index (χ1v) is 15.6. The normalized spacial score (nSPS) is 47.6. The highest BCUT2D eigenvalue weighted by Crippen LogP contribution is 2.77. The molecule has 0 aromatic heterocycles. The predicted molar refractivity (Wildman–Crippen MR) is 152 cm³/mol. The number of esters is 2. The van der Waals surface area contributed by atoms with Gasteiger partial charge in [-0.15, -0.1) is 0 Å². The minimum atomic E-state index is -0.637. The fourth-order valence-corrected chi connectivity index (χ4v) is 11.8. The monoisotopic (exact) mass is 554 g/mol. The summed E-state index contributed by atoms with van der Waals surface area (Å²) in [4.78, 5) is 49.1. The van der Waals surface area contributed by atoms with E-state index in [0.29, 0.717) is 30.4 Å². The average Bonchev–Trinajstić information content (AvgIpc) is 3.29. The van der Waals surface area contributed by atoms with Gasteiger partial charge in [-0.05, 0) is 116 Å². The van der Waals surface area contributed by atoms with Crippen molar-refractivity contribution >= 4 is 24.0 Å². The summed E-state index contributed by atoms with van der Waals surface area (Å²) in [6.45, 7) is 17.3. The van der Waals surface area contributed by atoms with Crippen molar-refractivity contribution in [1.82, 2.24) is 0 Å². The zero-order chi connectivity index (χ0) is 29.3. The van der Waals surface area contributed by atoms with Crippen LogP contribution in [0.1, 0.15) is 106 Å². The second kappa shape index (κ2) is 9.80. The number of carbonyl (C=O) groups is 4. The summed E-state index contributed by atoms with van der Waals surface area (Å²) >= 11 is 0. The van der Waals surface area contributed by atoms with Gasteiger partial charge in [0.05, 0.1) is 12.0 Å². The van der Waals surface area contributed by atoms with Crippen LogP contribution in [0, 0.1) is 56.7 Å². The van der Waals surface area contributed by atoms with E-state index in [1.165, 1.54) is 13.8 Å². The quantitative estimate of drug-likeness (QED) is 0.212. The molecule has 222 valence electrons. The van der Waals surface area contributed by atoms with Crippen LogP contribution in [0.15, 0.2) is 12.2 Å². The first kappa shape index (κ1) is 29.5. The van der Waals surface area contributed by atoms with Gasteiger partial charge in [-0.25, -0.2) is 0 Å². The van der Waals surface area contributed by atoms with Gasteiger partial charge in [0.1, 0.15) is 18.7 Å². The van der Waals surface area contributed by atoms with Crippen LogP contribution in [0.25, 0.3) is 0 Å². The van der Waals surface area contributed by atoms with Gasteiger partial charge >= 0.3 is 11.9 Å². The molecule has 0 N–H and O–H groups in total. The molecule has 40 heavy (non-hydrogen) atoms. The van der Waals surface area contributed by atoms with Crippen LogP contribution in [0.2, 0.25) is 0 Å². The van der Waals surface area contributed by atoms with Gasteiger partial charge < -0.3 is 9.47 Å². The molecule has 0 spiro atoms. The molecule has 5 saturated carbocycles. The molecule has 6 nitrogen and oxygen atoms in total. The summed E-state index contributed by atoms with van der Waals surface area (Å²) in [7, 11) is 0. The highest BCUT2D eigenvalue weighted by molar-refractivity contribution is 5.86. The molecular formula is C34H50O6. The number of ketones is 1. The van der Waals surface area contributed by atoms with E-state index in [1.807, 2.05) is 0 Å². The van der Waals surface area contributed by atoms with Crippen molar-refractivity contribution in [3.8, 4) is 0 Å². The van der Waals surface area contributed by atoms with Gasteiger partial charge in [-0.1, -0.05) is 27.4 Å². The third-order valence-corrected chi connectivity index (χ3v) is 13.9. The molecule has 5 rings (SSSR count). The van der Waals surface area contributed by atoms with E-state index in [1.54, 1.807) is 0 Å². The van der Waals surface area contributed by atoms with Gasteiger partial charge in [0.25, 0.3) is 0 Å². The maximum atomic E-state index is 13.4. The summed E-state index contributed by atoms with van der Waals surface area (Å²) in [6, 6.07) is 0. The molecule has 1 unspecified atom stereocenters. The van der Waals surface area contributed by atoms with E-state index in [4.69, 9.17) is 9.47 Å². The number of hydrogen-bond donors (Lipinski definition) is 0. The van der Waals surface area contributed by atoms with E-state index in [-0.39, 0.29) is 63.7 Å². The maximum absolute atomic E-state index is 13.4. The number of carbonyl (C=O) groups excluding carboxylic acids is 4. The Morgan fingerprint density at radius 2 is 1.52 bits per heavy atom. The van der Waals surface area contributed by atoms with Gasteiger partial charge in [-0.3, -0.25) is 19.2 Å². The zero-order valence-corrected chi connectivity index (χ0v) is 25.6. The third kappa shape index (κ3) is 4.01. The Morgan fingerprint density at radius 1 is 0.850 bits per heavy atom. The molecule has 0 radical (unpaired) electrons. The fraction of sp³-hybridized carbons (Fsp3) is 0.824. The molecule has 0 saturated heterocycles. The topological polar surface area (TPSA) is 86.7 Å². The van der Waals surface area contributed by atoms with Crippen LogP contribution >= 0.6 is 0 Å². The lowest BCUT2D eigenvalue weighted by atomic mass is 9.32. The Kier molecular flexibility index (Phi) is 7.23. The summed E-state index contributed by atoms with van der Waals surface area (Å²) in [5.41, 5.74) is 0.144. The first-order chi connectivity index (χ1) is 18.7. The van der Waals surface area contributed by atoms with E-state index >= 15 is 0 Å². The van der Waals surface area contributed by atoms with Gasteiger partial charge in [0, 0.05) is 25.7 Å². The molecule has 6 heteroatoms. The molecular weight excluding hydrogens is 504 g/mol. The largest absolute Gasteiger partial charge is 0.465 e.